The number of aryl methyl sites for hydroxylation is 2. The summed E-state index contributed by atoms with van der Waals surface area (Å²) in [6.45, 7) is 5.86. The van der Waals surface area contributed by atoms with Gasteiger partial charge in [-0.05, 0) is 37.9 Å². The Morgan fingerprint density at radius 2 is 1.95 bits per heavy atom. The summed E-state index contributed by atoms with van der Waals surface area (Å²) in [6, 6.07) is 12.7. The average molecular weight is 257 g/mol. The summed E-state index contributed by atoms with van der Waals surface area (Å²) >= 11 is 0. The SMILES string of the molecule is CCc1cc(CC(CN)c2ccccc2)n(CC)n1. The maximum atomic E-state index is 5.95. The molecule has 3 nitrogen and oxygen atoms in total. The van der Waals surface area contributed by atoms with E-state index in [-0.39, 0.29) is 0 Å². The Balaban J connectivity index is 2.21. The van der Waals surface area contributed by atoms with Crippen molar-refractivity contribution >= 4 is 0 Å². The number of hydrogen-bond donors (Lipinski definition) is 1. The lowest BCUT2D eigenvalue weighted by Gasteiger charge is -2.15. The van der Waals surface area contributed by atoms with E-state index in [1.54, 1.807) is 0 Å². The number of rotatable bonds is 6. The van der Waals surface area contributed by atoms with E-state index in [0.29, 0.717) is 12.5 Å². The van der Waals surface area contributed by atoms with Gasteiger partial charge in [-0.15, -0.1) is 0 Å². The molecule has 0 fully saturated rings. The minimum atomic E-state index is 0.368. The maximum absolute atomic E-state index is 5.95. The number of benzene rings is 1. The van der Waals surface area contributed by atoms with E-state index in [9.17, 15) is 0 Å². The summed E-state index contributed by atoms with van der Waals surface area (Å²) < 4.78 is 2.10. The summed E-state index contributed by atoms with van der Waals surface area (Å²) in [6.07, 6.45) is 1.94. The quantitative estimate of drug-likeness (QED) is 0.864. The molecule has 2 aromatic rings. The predicted octanol–water partition coefficient (Wildman–Crippen LogP) is 2.75. The molecule has 0 saturated carbocycles. The largest absolute Gasteiger partial charge is 0.330 e. The molecule has 0 bridgehead atoms. The van der Waals surface area contributed by atoms with Gasteiger partial charge >= 0.3 is 0 Å². The summed E-state index contributed by atoms with van der Waals surface area (Å²) in [5.41, 5.74) is 9.72. The van der Waals surface area contributed by atoms with Crippen molar-refractivity contribution in [1.29, 1.82) is 0 Å². The van der Waals surface area contributed by atoms with Gasteiger partial charge in [-0.2, -0.15) is 5.10 Å². The first-order valence-corrected chi connectivity index (χ1v) is 7.09. The van der Waals surface area contributed by atoms with Crippen molar-refractivity contribution in [2.75, 3.05) is 6.54 Å². The van der Waals surface area contributed by atoms with E-state index in [2.05, 4.69) is 54.0 Å². The standard InChI is InChI=1S/C16H23N3/c1-3-15-11-16(19(4-2)18-15)10-14(12-17)13-8-6-5-7-9-13/h5-9,11,14H,3-4,10,12,17H2,1-2H3. The molecule has 102 valence electrons. The van der Waals surface area contributed by atoms with E-state index in [1.165, 1.54) is 17.0 Å². The Kier molecular flexibility index (Phi) is 4.74. The van der Waals surface area contributed by atoms with Gasteiger partial charge in [-0.1, -0.05) is 37.3 Å². The summed E-state index contributed by atoms with van der Waals surface area (Å²) in [7, 11) is 0. The average Bonchev–Trinajstić information content (AvgIpc) is 2.87. The van der Waals surface area contributed by atoms with Crippen molar-refractivity contribution in [1.82, 2.24) is 9.78 Å². The van der Waals surface area contributed by atoms with Gasteiger partial charge in [0.2, 0.25) is 0 Å². The number of aromatic nitrogens is 2. The van der Waals surface area contributed by atoms with Gasteiger partial charge in [-0.3, -0.25) is 4.68 Å². The number of hydrogen-bond acceptors (Lipinski definition) is 2. The highest BCUT2D eigenvalue weighted by atomic mass is 15.3. The highest BCUT2D eigenvalue weighted by Gasteiger charge is 2.14. The first-order valence-electron chi connectivity index (χ1n) is 7.09. The molecule has 0 aliphatic heterocycles. The molecule has 1 heterocycles. The van der Waals surface area contributed by atoms with Crippen molar-refractivity contribution in [3.63, 3.8) is 0 Å². The molecule has 1 atom stereocenters. The van der Waals surface area contributed by atoms with Crippen LogP contribution in [0.4, 0.5) is 0 Å². The third-order valence-electron chi connectivity index (χ3n) is 3.59. The monoisotopic (exact) mass is 257 g/mol. The summed E-state index contributed by atoms with van der Waals surface area (Å²) in [4.78, 5) is 0. The lowest BCUT2D eigenvalue weighted by atomic mass is 9.94. The lowest BCUT2D eigenvalue weighted by Crippen LogP contribution is -2.17. The first kappa shape index (κ1) is 13.8. The van der Waals surface area contributed by atoms with E-state index in [0.717, 1.165) is 19.4 Å². The Morgan fingerprint density at radius 1 is 1.21 bits per heavy atom. The third kappa shape index (κ3) is 3.24. The summed E-state index contributed by atoms with van der Waals surface area (Å²) in [5.74, 6) is 0.368. The molecule has 1 aromatic carbocycles. The van der Waals surface area contributed by atoms with Crippen LogP contribution in [0.1, 0.15) is 36.7 Å². The van der Waals surface area contributed by atoms with Crippen molar-refractivity contribution < 1.29 is 0 Å². The fraction of sp³-hybridized carbons (Fsp3) is 0.438. The zero-order valence-corrected chi connectivity index (χ0v) is 11.8. The highest BCUT2D eigenvalue weighted by Crippen LogP contribution is 2.20. The van der Waals surface area contributed by atoms with E-state index in [4.69, 9.17) is 5.73 Å². The second kappa shape index (κ2) is 6.53. The first-order chi connectivity index (χ1) is 9.28. The molecule has 0 radical (unpaired) electrons. The van der Waals surface area contributed by atoms with Gasteiger partial charge in [0.05, 0.1) is 5.69 Å². The van der Waals surface area contributed by atoms with Crippen LogP contribution in [0.15, 0.2) is 36.4 Å². The maximum Gasteiger partial charge on any atom is 0.0624 e. The van der Waals surface area contributed by atoms with Gasteiger partial charge in [0.1, 0.15) is 0 Å². The Labute approximate surface area is 115 Å². The zero-order chi connectivity index (χ0) is 13.7. The van der Waals surface area contributed by atoms with Crippen LogP contribution in [0.5, 0.6) is 0 Å². The second-order valence-electron chi connectivity index (χ2n) is 4.84. The molecular formula is C16H23N3. The topological polar surface area (TPSA) is 43.8 Å². The van der Waals surface area contributed by atoms with Crippen LogP contribution in [0.25, 0.3) is 0 Å². The molecule has 0 spiro atoms. The fourth-order valence-corrected chi connectivity index (χ4v) is 2.44. The van der Waals surface area contributed by atoms with Gasteiger partial charge < -0.3 is 5.73 Å². The van der Waals surface area contributed by atoms with Crippen molar-refractivity contribution in [3.05, 3.63) is 53.3 Å². The lowest BCUT2D eigenvalue weighted by molar-refractivity contribution is 0.581. The smallest absolute Gasteiger partial charge is 0.0624 e. The Hall–Kier alpha value is -1.61. The van der Waals surface area contributed by atoms with Crippen LogP contribution in [-0.2, 0) is 19.4 Å². The van der Waals surface area contributed by atoms with Crippen LogP contribution < -0.4 is 5.73 Å². The van der Waals surface area contributed by atoms with Crippen LogP contribution in [0.3, 0.4) is 0 Å². The Morgan fingerprint density at radius 3 is 2.53 bits per heavy atom. The van der Waals surface area contributed by atoms with Gasteiger partial charge in [-0.25, -0.2) is 0 Å². The minimum Gasteiger partial charge on any atom is -0.330 e. The van der Waals surface area contributed by atoms with E-state index < -0.39 is 0 Å². The van der Waals surface area contributed by atoms with E-state index in [1.807, 2.05) is 6.07 Å². The molecule has 0 aliphatic rings. The molecule has 0 aliphatic carbocycles. The van der Waals surface area contributed by atoms with Gasteiger partial charge in [0.15, 0.2) is 0 Å². The van der Waals surface area contributed by atoms with E-state index >= 15 is 0 Å². The second-order valence-corrected chi connectivity index (χ2v) is 4.84. The number of nitrogens with two attached hydrogens (primary N) is 1. The molecular weight excluding hydrogens is 234 g/mol. The van der Waals surface area contributed by atoms with Crippen LogP contribution >= 0.6 is 0 Å². The minimum absolute atomic E-state index is 0.368. The van der Waals surface area contributed by atoms with Gasteiger partial charge in [0, 0.05) is 18.2 Å². The molecule has 19 heavy (non-hydrogen) atoms. The van der Waals surface area contributed by atoms with Crippen LogP contribution in [-0.4, -0.2) is 16.3 Å². The molecule has 2 rings (SSSR count). The molecule has 0 amide bonds. The van der Waals surface area contributed by atoms with Crippen LogP contribution in [0, 0.1) is 0 Å². The Bertz CT molecular complexity index is 502. The van der Waals surface area contributed by atoms with Crippen molar-refractivity contribution in [3.8, 4) is 0 Å². The molecule has 1 aromatic heterocycles. The zero-order valence-electron chi connectivity index (χ0n) is 11.8. The normalized spacial score (nSPS) is 12.6. The predicted molar refractivity (Wildman–Crippen MR) is 79.2 cm³/mol. The number of nitrogens with zero attached hydrogens (tertiary/aromatic N) is 2. The highest BCUT2D eigenvalue weighted by molar-refractivity contribution is 5.23. The molecule has 1 unspecified atom stereocenters. The molecule has 3 heteroatoms. The summed E-state index contributed by atoms with van der Waals surface area (Å²) in [5, 5.41) is 4.60. The van der Waals surface area contributed by atoms with Crippen LogP contribution in [0.2, 0.25) is 0 Å². The molecule has 2 N–H and O–H groups in total. The molecule has 0 saturated heterocycles. The van der Waals surface area contributed by atoms with Crippen molar-refractivity contribution in [2.45, 2.75) is 39.2 Å². The van der Waals surface area contributed by atoms with Crippen molar-refractivity contribution in [2.24, 2.45) is 5.73 Å². The fourth-order valence-electron chi connectivity index (χ4n) is 2.44. The van der Waals surface area contributed by atoms with Gasteiger partial charge in [0.25, 0.3) is 0 Å². The third-order valence-corrected chi connectivity index (χ3v) is 3.59.